The number of aryl methyl sites for hydroxylation is 1. The summed E-state index contributed by atoms with van der Waals surface area (Å²) in [6.45, 7) is 11.7. The van der Waals surface area contributed by atoms with Crippen molar-refractivity contribution in [3.05, 3.63) is 47.0 Å². The summed E-state index contributed by atoms with van der Waals surface area (Å²) < 4.78 is 24.6. The van der Waals surface area contributed by atoms with Gasteiger partial charge >= 0.3 is 0 Å². The van der Waals surface area contributed by atoms with Gasteiger partial charge in [-0.1, -0.05) is 0 Å². The normalized spacial score (nSPS) is 12.0. The molecule has 0 saturated carbocycles. The zero-order chi connectivity index (χ0) is 24.5. The fourth-order valence-electron chi connectivity index (χ4n) is 3.32. The molecule has 1 unspecified atom stereocenters. The highest BCUT2D eigenvalue weighted by atomic mass is 32.2. The Kier molecular flexibility index (Phi) is 10.8. The molecule has 32 heavy (non-hydrogen) atoms. The maximum Gasteiger partial charge on any atom is 0.208 e. The first kappa shape index (κ1) is 27.5. The van der Waals surface area contributed by atoms with Crippen LogP contribution in [-0.2, 0) is 16.4 Å². The van der Waals surface area contributed by atoms with Crippen LogP contribution in [0.25, 0.3) is 0 Å². The van der Waals surface area contributed by atoms with Gasteiger partial charge in [-0.15, -0.1) is 0 Å². The van der Waals surface area contributed by atoms with Crippen molar-refractivity contribution in [2.75, 3.05) is 47.6 Å². The lowest BCUT2D eigenvalue weighted by molar-refractivity contribution is 0.190. The van der Waals surface area contributed by atoms with Gasteiger partial charge in [-0.3, -0.25) is 0 Å². The second-order valence-corrected chi connectivity index (χ2v) is 9.54. The van der Waals surface area contributed by atoms with Crippen molar-refractivity contribution in [1.29, 1.82) is 0 Å². The van der Waals surface area contributed by atoms with Gasteiger partial charge in [0.05, 0.1) is 6.26 Å². The molecule has 0 aliphatic carbocycles. The lowest BCUT2D eigenvalue weighted by Crippen LogP contribution is -2.32. The van der Waals surface area contributed by atoms with E-state index in [1.54, 1.807) is 6.92 Å². The highest BCUT2D eigenvalue weighted by Gasteiger charge is 2.10. The average Bonchev–Trinajstić information content (AvgIpc) is 2.70. The third kappa shape index (κ3) is 8.57. The molecule has 0 amide bonds. The van der Waals surface area contributed by atoms with Gasteiger partial charge in [0, 0.05) is 42.4 Å². The zero-order valence-corrected chi connectivity index (χ0v) is 20.9. The van der Waals surface area contributed by atoms with Gasteiger partial charge < -0.3 is 26.8 Å². The van der Waals surface area contributed by atoms with E-state index in [2.05, 4.69) is 10.0 Å². The molecule has 0 spiro atoms. The van der Waals surface area contributed by atoms with Crippen molar-refractivity contribution in [3.8, 4) is 0 Å². The quantitative estimate of drug-likeness (QED) is 0.284. The van der Waals surface area contributed by atoms with Gasteiger partial charge in [0.1, 0.15) is 6.23 Å². The van der Waals surface area contributed by atoms with Gasteiger partial charge in [0.2, 0.25) is 10.0 Å². The largest absolute Gasteiger partial charge is 0.399 e. The van der Waals surface area contributed by atoms with Crippen LogP contribution in [-0.4, -0.2) is 45.6 Å². The smallest absolute Gasteiger partial charge is 0.208 e. The summed E-state index contributed by atoms with van der Waals surface area (Å²) in [6.07, 6.45) is 1.31. The maximum absolute atomic E-state index is 11.0. The van der Waals surface area contributed by atoms with E-state index in [1.807, 2.05) is 62.9 Å². The van der Waals surface area contributed by atoms with Crippen LogP contribution >= 0.6 is 0 Å². The molecule has 0 aromatic heterocycles. The van der Waals surface area contributed by atoms with E-state index in [4.69, 9.17) is 11.5 Å². The third-order valence-corrected chi connectivity index (χ3v) is 5.85. The Morgan fingerprint density at radius 2 is 1.72 bits per heavy atom. The van der Waals surface area contributed by atoms with E-state index in [0.29, 0.717) is 13.0 Å². The van der Waals surface area contributed by atoms with Crippen molar-refractivity contribution >= 4 is 32.8 Å². The molecular formula is C23H39N5O3S. The maximum atomic E-state index is 11.0. The fraction of sp³-hybridized carbons (Fsp3) is 0.478. The number of sulfonamides is 1. The highest BCUT2D eigenvalue weighted by Crippen LogP contribution is 2.25. The van der Waals surface area contributed by atoms with Crippen molar-refractivity contribution in [2.45, 2.75) is 47.3 Å². The molecule has 2 aromatic rings. The number of nitrogen functional groups attached to an aromatic ring is 2. The summed E-state index contributed by atoms with van der Waals surface area (Å²) in [5.41, 5.74) is 18.2. The molecule has 9 heteroatoms. The molecule has 8 nitrogen and oxygen atoms in total. The predicted octanol–water partition coefficient (Wildman–Crippen LogP) is 2.84. The molecule has 0 saturated heterocycles. The first-order valence-corrected chi connectivity index (χ1v) is 12.7. The summed E-state index contributed by atoms with van der Waals surface area (Å²) in [4.78, 5) is 1.91. The molecule has 2 rings (SSSR count). The second kappa shape index (κ2) is 12.5. The first-order valence-electron chi connectivity index (χ1n) is 10.8. The van der Waals surface area contributed by atoms with Crippen LogP contribution in [0.4, 0.5) is 22.7 Å². The van der Waals surface area contributed by atoms with E-state index >= 15 is 0 Å². The second-order valence-electron chi connectivity index (χ2n) is 7.71. The van der Waals surface area contributed by atoms with Crippen molar-refractivity contribution in [1.82, 2.24) is 4.72 Å². The zero-order valence-electron chi connectivity index (χ0n) is 20.1. The number of benzene rings is 2. The Morgan fingerprint density at radius 1 is 1.09 bits per heavy atom. The van der Waals surface area contributed by atoms with Crippen LogP contribution in [0.5, 0.6) is 0 Å². The summed E-state index contributed by atoms with van der Waals surface area (Å²) in [6, 6.07) is 9.59. The molecule has 1 atom stereocenters. The molecule has 0 aliphatic heterocycles. The lowest BCUT2D eigenvalue weighted by Gasteiger charge is -2.26. The van der Waals surface area contributed by atoms with E-state index in [1.165, 1.54) is 0 Å². The van der Waals surface area contributed by atoms with Crippen LogP contribution in [0, 0.1) is 13.8 Å². The average molecular weight is 466 g/mol. The minimum absolute atomic E-state index is 0.377. The van der Waals surface area contributed by atoms with Crippen LogP contribution < -0.4 is 26.4 Å². The Morgan fingerprint density at radius 3 is 2.22 bits per heavy atom. The predicted molar refractivity (Wildman–Crippen MR) is 137 cm³/mol. The van der Waals surface area contributed by atoms with E-state index in [-0.39, 0.29) is 0 Å². The monoisotopic (exact) mass is 465 g/mol. The first-order chi connectivity index (χ1) is 14.9. The van der Waals surface area contributed by atoms with Gasteiger partial charge in [-0.2, -0.15) is 0 Å². The molecule has 0 radical (unpaired) electrons. The summed E-state index contributed by atoms with van der Waals surface area (Å²) in [5, 5.41) is 12.8. The molecular weight excluding hydrogens is 426 g/mol. The Hall–Kier alpha value is -2.49. The van der Waals surface area contributed by atoms with Gasteiger partial charge in [-0.05, 0) is 88.1 Å². The van der Waals surface area contributed by atoms with Gasteiger partial charge in [-0.25, -0.2) is 13.1 Å². The fourth-order valence-corrected chi connectivity index (χ4v) is 3.79. The van der Waals surface area contributed by atoms with Crippen molar-refractivity contribution < 1.29 is 13.5 Å². The number of nitrogens with zero attached hydrogens (tertiary/aromatic N) is 1. The molecule has 0 bridgehead atoms. The molecule has 0 fully saturated rings. The third-order valence-electron chi connectivity index (χ3n) is 5.12. The Bertz CT molecular complexity index is 978. The summed E-state index contributed by atoms with van der Waals surface area (Å²) in [7, 11) is -3.14. The minimum atomic E-state index is -3.14. The van der Waals surface area contributed by atoms with Crippen LogP contribution in [0.2, 0.25) is 0 Å². The lowest BCUT2D eigenvalue weighted by atomic mass is 10.0. The standard InChI is InChI=1S/C12H21N3O2S.C11H18N2O/c1-4-14-12-6-5-11(13)9(2)10(12)7-8-15-18(3,16)17;1-4-13(9(3)14)10-5-6-11(12)8(2)7-10/h5-6,14-15H,4,7-8,13H2,1-3H3;5-7,9,14H,4,12H2,1-3H3. The van der Waals surface area contributed by atoms with Crippen LogP contribution in [0.1, 0.15) is 37.5 Å². The van der Waals surface area contributed by atoms with E-state index in [9.17, 15) is 13.5 Å². The van der Waals surface area contributed by atoms with Gasteiger partial charge in [0.15, 0.2) is 0 Å². The number of aliphatic hydroxyl groups is 1. The SMILES string of the molecule is CCN(c1ccc(N)c(C)c1)C(C)O.CCNc1ccc(N)c(C)c1CCNS(C)(=O)=O. The molecule has 180 valence electrons. The summed E-state index contributed by atoms with van der Waals surface area (Å²) in [5.74, 6) is 0. The minimum Gasteiger partial charge on any atom is -0.399 e. The van der Waals surface area contributed by atoms with Crippen molar-refractivity contribution in [2.24, 2.45) is 0 Å². The Balaban J connectivity index is 0.000000330. The molecule has 2 aromatic carbocycles. The van der Waals surface area contributed by atoms with Crippen LogP contribution in [0.15, 0.2) is 30.3 Å². The summed E-state index contributed by atoms with van der Waals surface area (Å²) >= 11 is 0. The van der Waals surface area contributed by atoms with E-state index in [0.717, 1.165) is 58.8 Å². The molecule has 0 aliphatic rings. The highest BCUT2D eigenvalue weighted by molar-refractivity contribution is 7.88. The van der Waals surface area contributed by atoms with E-state index < -0.39 is 16.3 Å². The van der Waals surface area contributed by atoms with Gasteiger partial charge in [0.25, 0.3) is 0 Å². The topological polar surface area (TPSA) is 134 Å². The number of anilines is 4. The number of nitrogens with two attached hydrogens (primary N) is 2. The number of hydrogen-bond acceptors (Lipinski definition) is 7. The van der Waals surface area contributed by atoms with Crippen molar-refractivity contribution in [3.63, 3.8) is 0 Å². The number of aliphatic hydroxyl groups excluding tert-OH is 1. The number of hydrogen-bond donors (Lipinski definition) is 5. The molecule has 0 heterocycles. The number of nitrogens with one attached hydrogen (secondary N) is 2. The van der Waals surface area contributed by atoms with Crippen LogP contribution in [0.3, 0.4) is 0 Å². The Labute approximate surface area is 193 Å². The molecule has 7 N–H and O–H groups in total. The number of rotatable bonds is 9.